The van der Waals surface area contributed by atoms with Gasteiger partial charge in [-0.3, -0.25) is 15.1 Å². The van der Waals surface area contributed by atoms with Gasteiger partial charge in [0.25, 0.3) is 5.91 Å². The van der Waals surface area contributed by atoms with Gasteiger partial charge in [0.05, 0.1) is 17.9 Å². The molecule has 0 aliphatic carbocycles. The molecule has 0 aromatic carbocycles. The summed E-state index contributed by atoms with van der Waals surface area (Å²) in [5.41, 5.74) is 0.465. The molecule has 24 heavy (non-hydrogen) atoms. The molecule has 1 aliphatic rings. The van der Waals surface area contributed by atoms with Crippen molar-refractivity contribution in [3.63, 3.8) is 0 Å². The largest absolute Gasteiger partial charge is 0.489 e. The smallest absolute Gasteiger partial charge is 0.259 e. The second kappa shape index (κ2) is 7.72. The molecule has 6 nitrogen and oxygen atoms in total. The lowest BCUT2D eigenvalue weighted by molar-refractivity contribution is 0.102. The van der Waals surface area contributed by atoms with Crippen LogP contribution >= 0.6 is 11.3 Å². The van der Waals surface area contributed by atoms with E-state index in [0.717, 1.165) is 25.9 Å². The molecular formula is C17H22N4O2S. The van der Waals surface area contributed by atoms with Crippen LogP contribution in [0.5, 0.6) is 5.75 Å². The van der Waals surface area contributed by atoms with E-state index in [9.17, 15) is 4.79 Å². The summed E-state index contributed by atoms with van der Waals surface area (Å²) in [6.45, 7) is 5.95. The van der Waals surface area contributed by atoms with Crippen LogP contribution in [-0.2, 0) is 0 Å². The second-order valence-corrected chi connectivity index (χ2v) is 7.18. The molecule has 1 saturated heterocycles. The number of anilines is 1. The van der Waals surface area contributed by atoms with E-state index >= 15 is 0 Å². The predicted octanol–water partition coefficient (Wildman–Crippen LogP) is 3.04. The minimum atomic E-state index is -0.220. The predicted molar refractivity (Wildman–Crippen MR) is 94.9 cm³/mol. The van der Waals surface area contributed by atoms with Crippen LogP contribution in [0, 0.1) is 0 Å². The van der Waals surface area contributed by atoms with Crippen LogP contribution in [0.4, 0.5) is 5.13 Å². The molecule has 0 unspecified atom stereocenters. The van der Waals surface area contributed by atoms with E-state index in [1.807, 2.05) is 20.0 Å². The van der Waals surface area contributed by atoms with E-state index in [-0.39, 0.29) is 12.0 Å². The Morgan fingerprint density at radius 2 is 2.12 bits per heavy atom. The molecule has 0 saturated carbocycles. The number of pyridine rings is 1. The van der Waals surface area contributed by atoms with E-state index in [2.05, 4.69) is 20.6 Å². The molecule has 0 atom stereocenters. The number of hydrogen-bond acceptors (Lipinski definition) is 6. The molecule has 2 aromatic heterocycles. The third-order valence-electron chi connectivity index (χ3n) is 3.83. The first-order valence-electron chi connectivity index (χ1n) is 8.21. The van der Waals surface area contributed by atoms with E-state index in [1.54, 1.807) is 23.6 Å². The Labute approximate surface area is 145 Å². The van der Waals surface area contributed by atoms with Crippen LogP contribution in [-0.4, -0.2) is 35.1 Å². The fourth-order valence-electron chi connectivity index (χ4n) is 2.69. The van der Waals surface area contributed by atoms with Crippen LogP contribution in [0.1, 0.15) is 47.8 Å². The van der Waals surface area contributed by atoms with Crippen LogP contribution in [0.2, 0.25) is 0 Å². The molecule has 2 aromatic rings. The SMILES string of the molecule is CC(C)Oc1cncc(C(=O)Nc2ncc(C3CCNCC3)s2)c1. The highest BCUT2D eigenvalue weighted by atomic mass is 32.1. The highest BCUT2D eigenvalue weighted by Gasteiger charge is 2.18. The Morgan fingerprint density at radius 1 is 1.33 bits per heavy atom. The zero-order chi connectivity index (χ0) is 16.9. The van der Waals surface area contributed by atoms with Crippen molar-refractivity contribution < 1.29 is 9.53 Å². The third kappa shape index (κ3) is 4.30. The molecule has 3 rings (SSSR count). The summed E-state index contributed by atoms with van der Waals surface area (Å²) in [5, 5.41) is 6.84. The number of carbonyl (C=O) groups excluding carboxylic acids is 1. The fraction of sp³-hybridized carbons (Fsp3) is 0.471. The molecule has 1 aliphatic heterocycles. The molecule has 2 N–H and O–H groups in total. The number of carbonyl (C=O) groups is 1. The minimum Gasteiger partial charge on any atom is -0.489 e. The van der Waals surface area contributed by atoms with Crippen molar-refractivity contribution in [2.75, 3.05) is 18.4 Å². The van der Waals surface area contributed by atoms with Gasteiger partial charge in [0.2, 0.25) is 0 Å². The monoisotopic (exact) mass is 346 g/mol. The maximum Gasteiger partial charge on any atom is 0.259 e. The molecule has 1 fully saturated rings. The zero-order valence-corrected chi connectivity index (χ0v) is 14.7. The Hall–Kier alpha value is -1.99. The molecule has 1 amide bonds. The Morgan fingerprint density at radius 3 is 2.88 bits per heavy atom. The summed E-state index contributed by atoms with van der Waals surface area (Å²) >= 11 is 1.55. The summed E-state index contributed by atoms with van der Waals surface area (Å²) in [6, 6.07) is 1.70. The van der Waals surface area contributed by atoms with Crippen molar-refractivity contribution in [3.8, 4) is 5.75 Å². The number of hydrogen-bond donors (Lipinski definition) is 2. The third-order valence-corrected chi connectivity index (χ3v) is 4.91. The van der Waals surface area contributed by atoms with E-state index < -0.39 is 0 Å². The minimum absolute atomic E-state index is 0.0385. The van der Waals surface area contributed by atoms with Crippen molar-refractivity contribution in [2.45, 2.75) is 38.7 Å². The van der Waals surface area contributed by atoms with Crippen molar-refractivity contribution in [1.82, 2.24) is 15.3 Å². The average molecular weight is 346 g/mol. The van der Waals surface area contributed by atoms with Gasteiger partial charge in [0.15, 0.2) is 5.13 Å². The first-order chi connectivity index (χ1) is 11.6. The summed E-state index contributed by atoms with van der Waals surface area (Å²) in [5.74, 6) is 0.911. The number of aromatic nitrogens is 2. The maximum absolute atomic E-state index is 12.4. The molecule has 7 heteroatoms. The van der Waals surface area contributed by atoms with Gasteiger partial charge in [-0.05, 0) is 51.8 Å². The first-order valence-corrected chi connectivity index (χ1v) is 9.03. The van der Waals surface area contributed by atoms with Gasteiger partial charge >= 0.3 is 0 Å². The van der Waals surface area contributed by atoms with Crippen molar-refractivity contribution in [3.05, 3.63) is 35.1 Å². The van der Waals surface area contributed by atoms with Gasteiger partial charge < -0.3 is 10.1 Å². The van der Waals surface area contributed by atoms with Crippen LogP contribution in [0.15, 0.2) is 24.7 Å². The Kier molecular flexibility index (Phi) is 5.42. The topological polar surface area (TPSA) is 76.1 Å². The van der Waals surface area contributed by atoms with Gasteiger partial charge in [0.1, 0.15) is 5.75 Å². The second-order valence-electron chi connectivity index (χ2n) is 6.12. The average Bonchev–Trinajstić information content (AvgIpc) is 3.04. The number of piperidine rings is 1. The maximum atomic E-state index is 12.4. The molecule has 3 heterocycles. The van der Waals surface area contributed by atoms with E-state index in [1.165, 1.54) is 11.1 Å². The van der Waals surface area contributed by atoms with E-state index in [0.29, 0.717) is 22.4 Å². The molecule has 0 spiro atoms. The van der Waals surface area contributed by atoms with Crippen LogP contribution in [0.3, 0.4) is 0 Å². The molecule has 0 radical (unpaired) electrons. The summed E-state index contributed by atoms with van der Waals surface area (Å²) in [6.07, 6.45) is 7.30. The van der Waals surface area contributed by atoms with Crippen molar-refractivity contribution in [2.24, 2.45) is 0 Å². The van der Waals surface area contributed by atoms with Crippen molar-refractivity contribution >= 4 is 22.4 Å². The highest BCUT2D eigenvalue weighted by Crippen LogP contribution is 2.31. The van der Waals surface area contributed by atoms with Gasteiger partial charge in [-0.2, -0.15) is 0 Å². The lowest BCUT2D eigenvalue weighted by atomic mass is 9.97. The van der Waals surface area contributed by atoms with Gasteiger partial charge in [-0.1, -0.05) is 0 Å². The zero-order valence-electron chi connectivity index (χ0n) is 13.9. The standard InChI is InChI=1S/C17H22N4O2S/c1-11(2)23-14-7-13(8-19-9-14)16(22)21-17-20-10-15(24-17)12-3-5-18-6-4-12/h7-12,18H,3-6H2,1-2H3,(H,20,21,22). The normalized spacial score (nSPS) is 15.5. The molecule has 0 bridgehead atoms. The highest BCUT2D eigenvalue weighted by molar-refractivity contribution is 7.15. The van der Waals surface area contributed by atoms with Gasteiger partial charge in [-0.25, -0.2) is 4.98 Å². The number of rotatable bonds is 5. The summed E-state index contributed by atoms with van der Waals surface area (Å²) in [4.78, 5) is 22.0. The lowest BCUT2D eigenvalue weighted by Crippen LogP contribution is -2.26. The summed E-state index contributed by atoms with van der Waals surface area (Å²) in [7, 11) is 0. The van der Waals surface area contributed by atoms with Gasteiger partial charge in [-0.15, -0.1) is 11.3 Å². The quantitative estimate of drug-likeness (QED) is 0.870. The molecule has 128 valence electrons. The van der Waals surface area contributed by atoms with Crippen LogP contribution < -0.4 is 15.4 Å². The molecular weight excluding hydrogens is 324 g/mol. The van der Waals surface area contributed by atoms with E-state index in [4.69, 9.17) is 4.74 Å². The number of amides is 1. The Bertz CT molecular complexity index is 695. The van der Waals surface area contributed by atoms with Crippen molar-refractivity contribution in [1.29, 1.82) is 0 Å². The fourth-order valence-corrected chi connectivity index (χ4v) is 3.67. The van der Waals surface area contributed by atoms with Crippen LogP contribution in [0.25, 0.3) is 0 Å². The lowest BCUT2D eigenvalue weighted by Gasteiger charge is -2.20. The Balaban J connectivity index is 1.65. The summed E-state index contributed by atoms with van der Waals surface area (Å²) < 4.78 is 5.58. The number of ether oxygens (including phenoxy) is 1. The number of nitrogens with zero attached hydrogens (tertiary/aromatic N) is 2. The number of thiazole rings is 1. The van der Waals surface area contributed by atoms with Gasteiger partial charge in [0, 0.05) is 17.3 Å². The first kappa shape index (κ1) is 16.9. The number of nitrogens with one attached hydrogen (secondary N) is 2.